The summed E-state index contributed by atoms with van der Waals surface area (Å²) in [6.07, 6.45) is -0.143. The number of aromatic nitrogens is 2. The van der Waals surface area contributed by atoms with Crippen LogP contribution in [0.4, 0.5) is 5.69 Å². The van der Waals surface area contributed by atoms with Crippen molar-refractivity contribution in [3.05, 3.63) is 18.0 Å². The van der Waals surface area contributed by atoms with E-state index in [9.17, 15) is 0 Å². The van der Waals surface area contributed by atoms with Crippen LogP contribution in [0.25, 0.3) is 5.70 Å². The summed E-state index contributed by atoms with van der Waals surface area (Å²) in [7, 11) is 1.83. The first-order valence-electron chi connectivity index (χ1n) is 4.44. The molecule has 0 saturated carbocycles. The van der Waals surface area contributed by atoms with Crippen LogP contribution in [0.3, 0.4) is 0 Å². The van der Waals surface area contributed by atoms with Gasteiger partial charge in [0.1, 0.15) is 5.69 Å². The van der Waals surface area contributed by atoms with Gasteiger partial charge in [0.2, 0.25) is 0 Å². The standard InChI is InChI=1S/C9H17N5/c1-5(10)9-8(12-7(3)11)6(2)13-14(9)4/h7,12H,1,10-11H2,2-4H3. The van der Waals surface area contributed by atoms with Crippen molar-refractivity contribution < 1.29 is 0 Å². The topological polar surface area (TPSA) is 81.9 Å². The Morgan fingerprint density at radius 3 is 2.64 bits per heavy atom. The summed E-state index contributed by atoms with van der Waals surface area (Å²) >= 11 is 0. The van der Waals surface area contributed by atoms with Crippen molar-refractivity contribution in [2.24, 2.45) is 18.5 Å². The molecule has 1 atom stereocenters. The van der Waals surface area contributed by atoms with E-state index < -0.39 is 0 Å². The van der Waals surface area contributed by atoms with Crippen molar-refractivity contribution in [3.63, 3.8) is 0 Å². The van der Waals surface area contributed by atoms with Crippen molar-refractivity contribution in [3.8, 4) is 0 Å². The van der Waals surface area contributed by atoms with Gasteiger partial charge in [0.15, 0.2) is 0 Å². The Balaban J connectivity index is 3.18. The lowest BCUT2D eigenvalue weighted by atomic mass is 10.2. The minimum atomic E-state index is -0.143. The number of anilines is 1. The highest BCUT2D eigenvalue weighted by atomic mass is 15.3. The maximum atomic E-state index is 5.67. The summed E-state index contributed by atoms with van der Waals surface area (Å²) in [6, 6.07) is 0. The van der Waals surface area contributed by atoms with E-state index in [0.717, 1.165) is 17.1 Å². The first kappa shape index (κ1) is 10.6. The molecule has 0 aliphatic heterocycles. The van der Waals surface area contributed by atoms with E-state index in [1.807, 2.05) is 20.9 Å². The second-order valence-electron chi connectivity index (χ2n) is 3.39. The van der Waals surface area contributed by atoms with Gasteiger partial charge in [-0.05, 0) is 13.8 Å². The fourth-order valence-corrected chi connectivity index (χ4v) is 1.43. The predicted molar refractivity (Wildman–Crippen MR) is 58.4 cm³/mol. The Hall–Kier alpha value is -1.49. The highest BCUT2D eigenvalue weighted by molar-refractivity contribution is 5.72. The number of rotatable bonds is 3. The summed E-state index contributed by atoms with van der Waals surface area (Å²) < 4.78 is 1.70. The second-order valence-corrected chi connectivity index (χ2v) is 3.39. The van der Waals surface area contributed by atoms with Crippen LogP contribution in [0.1, 0.15) is 18.3 Å². The van der Waals surface area contributed by atoms with Crippen molar-refractivity contribution in [1.82, 2.24) is 9.78 Å². The van der Waals surface area contributed by atoms with Gasteiger partial charge in [-0.3, -0.25) is 4.68 Å². The molecule has 14 heavy (non-hydrogen) atoms. The van der Waals surface area contributed by atoms with Gasteiger partial charge in [-0.1, -0.05) is 6.58 Å². The minimum Gasteiger partial charge on any atom is -0.397 e. The van der Waals surface area contributed by atoms with Crippen LogP contribution in [0.15, 0.2) is 6.58 Å². The molecule has 0 amide bonds. The molecule has 78 valence electrons. The van der Waals surface area contributed by atoms with Crippen LogP contribution >= 0.6 is 0 Å². The molecular weight excluding hydrogens is 178 g/mol. The first-order chi connectivity index (χ1) is 6.43. The zero-order valence-electron chi connectivity index (χ0n) is 8.83. The van der Waals surface area contributed by atoms with E-state index in [-0.39, 0.29) is 6.17 Å². The molecule has 5 nitrogen and oxygen atoms in total. The minimum absolute atomic E-state index is 0.143. The van der Waals surface area contributed by atoms with Gasteiger partial charge in [0, 0.05) is 7.05 Å². The summed E-state index contributed by atoms with van der Waals surface area (Å²) in [5.74, 6) is 0. The SMILES string of the molecule is C=C(N)c1c(NC(C)N)c(C)nn1C. The van der Waals surface area contributed by atoms with Gasteiger partial charge >= 0.3 is 0 Å². The van der Waals surface area contributed by atoms with Gasteiger partial charge in [0.25, 0.3) is 0 Å². The summed E-state index contributed by atoms with van der Waals surface area (Å²) in [6.45, 7) is 7.46. The molecule has 1 aromatic rings. The van der Waals surface area contributed by atoms with Gasteiger partial charge in [0.05, 0.1) is 23.2 Å². The molecule has 0 fully saturated rings. The molecule has 1 heterocycles. The van der Waals surface area contributed by atoms with Gasteiger partial charge < -0.3 is 16.8 Å². The number of nitrogens with zero attached hydrogens (tertiary/aromatic N) is 2. The second kappa shape index (κ2) is 3.71. The molecule has 0 radical (unpaired) electrons. The highest BCUT2D eigenvalue weighted by Crippen LogP contribution is 2.23. The molecule has 0 aliphatic rings. The van der Waals surface area contributed by atoms with E-state index in [1.54, 1.807) is 4.68 Å². The Kier molecular flexibility index (Phi) is 2.81. The monoisotopic (exact) mass is 195 g/mol. The van der Waals surface area contributed by atoms with Crippen molar-refractivity contribution in [2.75, 3.05) is 5.32 Å². The Labute approximate surface area is 83.8 Å². The lowest BCUT2D eigenvalue weighted by Gasteiger charge is -2.11. The smallest absolute Gasteiger partial charge is 0.106 e. The van der Waals surface area contributed by atoms with Crippen LogP contribution < -0.4 is 16.8 Å². The maximum Gasteiger partial charge on any atom is 0.106 e. The molecule has 0 bridgehead atoms. The fraction of sp³-hybridized carbons (Fsp3) is 0.444. The summed E-state index contributed by atoms with van der Waals surface area (Å²) in [5, 5.41) is 7.34. The number of aryl methyl sites for hydroxylation is 2. The lowest BCUT2D eigenvalue weighted by Crippen LogP contribution is -2.26. The molecule has 0 aliphatic carbocycles. The zero-order chi connectivity index (χ0) is 10.9. The third kappa shape index (κ3) is 1.88. The highest BCUT2D eigenvalue weighted by Gasteiger charge is 2.14. The predicted octanol–water partition coefficient (Wildman–Crippen LogP) is 0.375. The van der Waals surface area contributed by atoms with Crippen molar-refractivity contribution in [1.29, 1.82) is 0 Å². The zero-order valence-corrected chi connectivity index (χ0v) is 8.83. The van der Waals surface area contributed by atoms with Gasteiger partial charge in [-0.15, -0.1) is 0 Å². The average Bonchev–Trinajstić information content (AvgIpc) is 2.25. The number of hydrogen-bond acceptors (Lipinski definition) is 4. The summed E-state index contributed by atoms with van der Waals surface area (Å²) in [4.78, 5) is 0. The molecule has 1 aromatic heterocycles. The van der Waals surface area contributed by atoms with E-state index in [4.69, 9.17) is 11.5 Å². The third-order valence-corrected chi connectivity index (χ3v) is 1.90. The van der Waals surface area contributed by atoms with Crippen LogP contribution in [-0.2, 0) is 7.05 Å². The normalized spacial score (nSPS) is 12.6. The molecule has 1 unspecified atom stereocenters. The molecule has 5 heteroatoms. The van der Waals surface area contributed by atoms with Crippen LogP contribution in [0.2, 0.25) is 0 Å². The molecule has 0 spiro atoms. The lowest BCUT2D eigenvalue weighted by molar-refractivity contribution is 0.745. The quantitative estimate of drug-likeness (QED) is 0.609. The molecule has 0 saturated heterocycles. The summed E-state index contributed by atoms with van der Waals surface area (Å²) in [5.41, 5.74) is 14.3. The third-order valence-electron chi connectivity index (χ3n) is 1.90. The van der Waals surface area contributed by atoms with Gasteiger partial charge in [-0.25, -0.2) is 0 Å². The first-order valence-corrected chi connectivity index (χ1v) is 4.44. The molecular formula is C9H17N5. The number of hydrogen-bond donors (Lipinski definition) is 3. The Morgan fingerprint density at radius 1 is 1.64 bits per heavy atom. The molecule has 0 aromatic carbocycles. The van der Waals surface area contributed by atoms with E-state index in [1.165, 1.54) is 0 Å². The van der Waals surface area contributed by atoms with Crippen molar-refractivity contribution in [2.45, 2.75) is 20.0 Å². The van der Waals surface area contributed by atoms with E-state index >= 15 is 0 Å². The number of nitrogens with one attached hydrogen (secondary N) is 1. The average molecular weight is 195 g/mol. The van der Waals surface area contributed by atoms with Crippen LogP contribution in [-0.4, -0.2) is 15.9 Å². The Morgan fingerprint density at radius 2 is 2.21 bits per heavy atom. The molecule has 1 rings (SSSR count). The largest absolute Gasteiger partial charge is 0.397 e. The maximum absolute atomic E-state index is 5.67. The van der Waals surface area contributed by atoms with Crippen LogP contribution in [0.5, 0.6) is 0 Å². The molecule has 5 N–H and O–H groups in total. The van der Waals surface area contributed by atoms with Crippen LogP contribution in [0, 0.1) is 6.92 Å². The van der Waals surface area contributed by atoms with E-state index in [2.05, 4.69) is 17.0 Å². The Bertz CT molecular complexity index is 350. The number of nitrogens with two attached hydrogens (primary N) is 2. The van der Waals surface area contributed by atoms with Gasteiger partial charge in [-0.2, -0.15) is 5.10 Å². The van der Waals surface area contributed by atoms with Crippen molar-refractivity contribution >= 4 is 11.4 Å². The van der Waals surface area contributed by atoms with E-state index in [0.29, 0.717) is 5.70 Å². The fourth-order valence-electron chi connectivity index (χ4n) is 1.43.